The number of nitrogens with one attached hydrogen (secondary N) is 2. The van der Waals surface area contributed by atoms with Gasteiger partial charge in [-0.25, -0.2) is 4.98 Å². The molecule has 5 aromatic rings. The van der Waals surface area contributed by atoms with Crippen molar-refractivity contribution in [1.29, 1.82) is 0 Å². The van der Waals surface area contributed by atoms with Gasteiger partial charge < -0.3 is 14.7 Å². The normalized spacial score (nSPS) is 13.6. The number of rotatable bonds is 6. The number of hydrogen-bond acceptors (Lipinski definition) is 4. The first kappa shape index (κ1) is 20.9. The van der Waals surface area contributed by atoms with Gasteiger partial charge in [-0.15, -0.1) is 0 Å². The molecule has 0 unspecified atom stereocenters. The van der Waals surface area contributed by atoms with Crippen LogP contribution in [0.15, 0.2) is 70.5 Å². The highest BCUT2D eigenvalue weighted by atomic mass is 79.9. The summed E-state index contributed by atoms with van der Waals surface area (Å²) >= 11 is 3.46. The second-order valence-electron chi connectivity index (χ2n) is 8.69. The summed E-state index contributed by atoms with van der Waals surface area (Å²) in [7, 11) is 0. The summed E-state index contributed by atoms with van der Waals surface area (Å²) in [6, 6.07) is 11.3. The maximum absolute atomic E-state index is 12.7. The largest absolute Gasteiger partial charge is 0.348 e. The van der Waals surface area contributed by atoms with Crippen molar-refractivity contribution >= 4 is 38.4 Å². The number of aromatic amines is 1. The molecule has 1 aliphatic carbocycles. The van der Waals surface area contributed by atoms with Crippen LogP contribution in [-0.4, -0.2) is 30.1 Å². The molecule has 1 fully saturated rings. The third-order valence-electron chi connectivity index (χ3n) is 6.12. The van der Waals surface area contributed by atoms with Crippen molar-refractivity contribution in [2.24, 2.45) is 0 Å². The minimum atomic E-state index is -0.251. The lowest BCUT2D eigenvalue weighted by Crippen LogP contribution is -2.23. The molecule has 9 heteroatoms. The fourth-order valence-electron chi connectivity index (χ4n) is 4.25. The van der Waals surface area contributed by atoms with Crippen molar-refractivity contribution < 1.29 is 4.79 Å². The third kappa shape index (κ3) is 4.14. The maximum atomic E-state index is 12.7. The average Bonchev–Trinajstić information content (AvgIpc) is 3.44. The van der Waals surface area contributed by atoms with Gasteiger partial charge >= 0.3 is 0 Å². The van der Waals surface area contributed by atoms with Gasteiger partial charge in [-0.2, -0.15) is 5.10 Å². The van der Waals surface area contributed by atoms with Crippen LogP contribution in [0, 0.1) is 0 Å². The van der Waals surface area contributed by atoms with Crippen molar-refractivity contribution in [1.82, 2.24) is 29.5 Å². The first-order valence-electron chi connectivity index (χ1n) is 11.1. The van der Waals surface area contributed by atoms with Crippen LogP contribution in [-0.2, 0) is 13.1 Å². The lowest BCUT2D eigenvalue weighted by molar-refractivity contribution is 0.0951. The number of imidazole rings is 1. The summed E-state index contributed by atoms with van der Waals surface area (Å²) < 4.78 is 4.67. The fourth-order valence-corrected chi connectivity index (χ4v) is 4.61. The van der Waals surface area contributed by atoms with Gasteiger partial charge in [0.15, 0.2) is 0 Å². The number of halogens is 1. The standard InChI is InChI=1S/C25H21BrN6O2/c26-19-4-5-22-21(8-19)17(7-24(33)30-22)9-27-25(34)18-10-28-32(12-18)14-20-13-31-11-16(15-1-2-15)3-6-23(31)29-20/h3-8,10-13,15H,1-2,9,14H2,(H,27,34)(H,30,33). The van der Waals surface area contributed by atoms with Crippen molar-refractivity contribution in [3.63, 3.8) is 0 Å². The molecule has 0 bridgehead atoms. The monoisotopic (exact) mass is 516 g/mol. The van der Waals surface area contributed by atoms with E-state index in [1.165, 1.54) is 24.5 Å². The second kappa shape index (κ2) is 8.25. The Balaban J connectivity index is 1.16. The summed E-state index contributed by atoms with van der Waals surface area (Å²) in [5, 5.41) is 8.11. The second-order valence-corrected chi connectivity index (χ2v) is 9.61. The van der Waals surface area contributed by atoms with E-state index in [9.17, 15) is 9.59 Å². The SMILES string of the molecule is O=C(NCc1cc(=O)[nH]c2ccc(Br)cc12)c1cnn(Cc2cn3cc(C4CC4)ccc3n2)c1. The summed E-state index contributed by atoms with van der Waals surface area (Å²) in [6.07, 6.45) is 9.95. The van der Waals surface area contributed by atoms with Crippen LogP contribution in [0.4, 0.5) is 0 Å². The number of aromatic nitrogens is 5. The van der Waals surface area contributed by atoms with Gasteiger partial charge in [0.1, 0.15) is 5.65 Å². The van der Waals surface area contributed by atoms with Gasteiger partial charge in [-0.3, -0.25) is 14.3 Å². The molecule has 0 radical (unpaired) electrons. The van der Waals surface area contributed by atoms with E-state index >= 15 is 0 Å². The van der Waals surface area contributed by atoms with E-state index in [2.05, 4.69) is 59.0 Å². The number of H-pyrrole nitrogens is 1. The van der Waals surface area contributed by atoms with E-state index in [0.717, 1.165) is 32.3 Å². The molecular formula is C25H21BrN6O2. The minimum Gasteiger partial charge on any atom is -0.348 e. The molecule has 0 aliphatic heterocycles. The molecule has 1 aliphatic rings. The highest BCUT2D eigenvalue weighted by molar-refractivity contribution is 9.10. The van der Waals surface area contributed by atoms with Crippen LogP contribution in [0.3, 0.4) is 0 Å². The summed E-state index contributed by atoms with van der Waals surface area (Å²) in [4.78, 5) is 32.2. The maximum Gasteiger partial charge on any atom is 0.254 e. The molecule has 0 spiro atoms. The zero-order chi connectivity index (χ0) is 23.2. The Kier molecular flexibility index (Phi) is 5.06. The third-order valence-corrected chi connectivity index (χ3v) is 6.62. The topological polar surface area (TPSA) is 97.1 Å². The molecule has 170 valence electrons. The van der Waals surface area contributed by atoms with Crippen LogP contribution < -0.4 is 10.9 Å². The molecule has 6 rings (SSSR count). The Bertz CT molecular complexity index is 1610. The first-order chi connectivity index (χ1) is 16.5. The number of nitrogens with zero attached hydrogens (tertiary/aromatic N) is 4. The van der Waals surface area contributed by atoms with Gasteiger partial charge in [0.05, 0.1) is 24.0 Å². The molecule has 8 nitrogen and oxygen atoms in total. The molecule has 1 aromatic carbocycles. The molecule has 2 N–H and O–H groups in total. The number of pyridine rings is 2. The van der Waals surface area contributed by atoms with E-state index in [4.69, 9.17) is 0 Å². The van der Waals surface area contributed by atoms with Crippen molar-refractivity contribution in [3.05, 3.63) is 98.4 Å². The van der Waals surface area contributed by atoms with Gasteiger partial charge in [0, 0.05) is 46.6 Å². The fraction of sp³-hybridized carbons (Fsp3) is 0.200. The zero-order valence-corrected chi connectivity index (χ0v) is 19.7. The molecule has 34 heavy (non-hydrogen) atoms. The zero-order valence-electron chi connectivity index (χ0n) is 18.2. The van der Waals surface area contributed by atoms with Crippen LogP contribution in [0.25, 0.3) is 16.6 Å². The Morgan fingerprint density at radius 3 is 2.88 bits per heavy atom. The smallest absolute Gasteiger partial charge is 0.254 e. The van der Waals surface area contributed by atoms with E-state index in [1.54, 1.807) is 17.1 Å². The Morgan fingerprint density at radius 2 is 2.03 bits per heavy atom. The van der Waals surface area contributed by atoms with Gasteiger partial charge in [0.2, 0.25) is 5.56 Å². The molecule has 0 atom stereocenters. The molecule has 4 heterocycles. The van der Waals surface area contributed by atoms with E-state index < -0.39 is 0 Å². The van der Waals surface area contributed by atoms with Crippen molar-refractivity contribution in [2.75, 3.05) is 0 Å². The lowest BCUT2D eigenvalue weighted by atomic mass is 10.1. The first-order valence-corrected chi connectivity index (χ1v) is 11.9. The Labute approximate surface area is 202 Å². The van der Waals surface area contributed by atoms with Crippen LogP contribution >= 0.6 is 15.9 Å². The summed E-state index contributed by atoms with van der Waals surface area (Å²) in [6.45, 7) is 0.705. The average molecular weight is 517 g/mol. The summed E-state index contributed by atoms with van der Waals surface area (Å²) in [5.41, 5.74) is 4.86. The van der Waals surface area contributed by atoms with Crippen LogP contribution in [0.2, 0.25) is 0 Å². The van der Waals surface area contributed by atoms with Crippen molar-refractivity contribution in [3.8, 4) is 0 Å². The van der Waals surface area contributed by atoms with E-state index in [0.29, 0.717) is 18.0 Å². The quantitative estimate of drug-likeness (QED) is 0.356. The number of amides is 1. The van der Waals surface area contributed by atoms with Crippen LogP contribution in [0.1, 0.15) is 45.9 Å². The van der Waals surface area contributed by atoms with Crippen molar-refractivity contribution in [2.45, 2.75) is 31.8 Å². The minimum absolute atomic E-state index is 0.205. The van der Waals surface area contributed by atoms with Gasteiger partial charge in [-0.1, -0.05) is 22.0 Å². The lowest BCUT2D eigenvalue weighted by Gasteiger charge is -2.08. The van der Waals surface area contributed by atoms with Gasteiger partial charge in [0.25, 0.3) is 5.91 Å². The summed E-state index contributed by atoms with van der Waals surface area (Å²) in [5.74, 6) is 0.440. The molecular weight excluding hydrogens is 496 g/mol. The Morgan fingerprint density at radius 1 is 1.15 bits per heavy atom. The number of benzene rings is 1. The molecule has 1 amide bonds. The van der Waals surface area contributed by atoms with E-state index in [1.807, 2.05) is 24.4 Å². The highest BCUT2D eigenvalue weighted by Crippen LogP contribution is 2.39. The predicted octanol–water partition coefficient (Wildman–Crippen LogP) is 3.99. The van der Waals surface area contributed by atoms with Gasteiger partial charge in [-0.05, 0) is 54.2 Å². The van der Waals surface area contributed by atoms with E-state index in [-0.39, 0.29) is 18.0 Å². The molecule has 4 aromatic heterocycles. The number of fused-ring (bicyclic) bond motifs is 2. The highest BCUT2D eigenvalue weighted by Gasteiger charge is 2.23. The number of hydrogen-bond donors (Lipinski definition) is 2. The Hall–Kier alpha value is -3.72. The number of carbonyl (C=O) groups is 1. The molecule has 0 saturated heterocycles. The van der Waals surface area contributed by atoms with Crippen LogP contribution in [0.5, 0.6) is 0 Å². The molecule has 1 saturated carbocycles. The number of carbonyl (C=O) groups excluding carboxylic acids is 1. The predicted molar refractivity (Wildman–Crippen MR) is 132 cm³/mol.